The van der Waals surface area contributed by atoms with Gasteiger partial charge in [-0.25, -0.2) is 0 Å². The predicted molar refractivity (Wildman–Crippen MR) is 73.8 cm³/mol. The van der Waals surface area contributed by atoms with Gasteiger partial charge in [-0.3, -0.25) is 0 Å². The molecule has 4 heteroatoms. The van der Waals surface area contributed by atoms with Crippen molar-refractivity contribution in [2.24, 2.45) is 0 Å². The summed E-state index contributed by atoms with van der Waals surface area (Å²) in [6.45, 7) is 0. The molecular weight excluding hydrogens is 296 g/mol. The zero-order chi connectivity index (χ0) is 12.3. The largest absolute Gasteiger partial charge is 0.398 e. The molecule has 0 aliphatic rings. The minimum absolute atomic E-state index is 0.517. The van der Waals surface area contributed by atoms with Gasteiger partial charge >= 0.3 is 0 Å². The van der Waals surface area contributed by atoms with Gasteiger partial charge in [0.05, 0.1) is 11.3 Å². The molecule has 17 heavy (non-hydrogen) atoms. The van der Waals surface area contributed by atoms with E-state index in [4.69, 9.17) is 11.0 Å². The van der Waals surface area contributed by atoms with E-state index < -0.39 is 0 Å². The number of nitrogens with zero attached hydrogens (tertiary/aromatic N) is 1. The van der Waals surface area contributed by atoms with Gasteiger partial charge in [-0.15, -0.1) is 0 Å². The maximum atomic E-state index is 8.79. The molecule has 2 aromatic carbocycles. The Kier molecular flexibility index (Phi) is 3.72. The van der Waals surface area contributed by atoms with Crippen LogP contribution in [0.15, 0.2) is 56.7 Å². The Bertz CT molecular complexity index is 590. The summed E-state index contributed by atoms with van der Waals surface area (Å²) in [5.41, 5.74) is 6.81. The lowest BCUT2D eigenvalue weighted by Crippen LogP contribution is -1.89. The minimum atomic E-state index is 0.517. The quantitative estimate of drug-likeness (QED) is 0.851. The highest BCUT2D eigenvalue weighted by Gasteiger charge is 2.02. The maximum Gasteiger partial charge on any atom is 0.101 e. The van der Waals surface area contributed by atoms with Gasteiger partial charge in [0.15, 0.2) is 0 Å². The third-order valence-electron chi connectivity index (χ3n) is 2.18. The normalized spacial score (nSPS) is 9.88. The molecule has 0 saturated heterocycles. The number of nitrogens with two attached hydrogens (primary N) is 1. The molecule has 2 rings (SSSR count). The zero-order valence-corrected chi connectivity index (χ0v) is 11.3. The summed E-state index contributed by atoms with van der Waals surface area (Å²) < 4.78 is 1.05. The van der Waals surface area contributed by atoms with Crippen molar-refractivity contribution in [3.63, 3.8) is 0 Å². The zero-order valence-electron chi connectivity index (χ0n) is 8.85. The lowest BCUT2D eigenvalue weighted by molar-refractivity contribution is 1.38. The molecule has 2 N–H and O–H groups in total. The Morgan fingerprint density at radius 3 is 2.53 bits per heavy atom. The molecule has 0 aromatic heterocycles. The van der Waals surface area contributed by atoms with Gasteiger partial charge in [-0.1, -0.05) is 33.8 Å². The molecule has 0 spiro atoms. The second-order valence-electron chi connectivity index (χ2n) is 3.42. The van der Waals surface area contributed by atoms with Crippen molar-refractivity contribution < 1.29 is 0 Å². The maximum absolute atomic E-state index is 8.79. The third-order valence-corrected chi connectivity index (χ3v) is 3.65. The van der Waals surface area contributed by atoms with Crippen LogP contribution in [-0.4, -0.2) is 0 Å². The average Bonchev–Trinajstić information content (AvgIpc) is 2.29. The lowest BCUT2D eigenvalue weighted by Gasteiger charge is -2.04. The summed E-state index contributed by atoms with van der Waals surface area (Å²) in [5, 5.41) is 8.79. The van der Waals surface area contributed by atoms with Crippen molar-refractivity contribution in [3.05, 3.63) is 52.5 Å². The van der Waals surface area contributed by atoms with E-state index in [1.54, 1.807) is 17.8 Å². The predicted octanol–water partition coefficient (Wildman–Crippen LogP) is 4.05. The fourth-order valence-corrected chi connectivity index (χ4v) is 2.85. The van der Waals surface area contributed by atoms with E-state index >= 15 is 0 Å². The molecule has 0 unspecified atom stereocenters. The van der Waals surface area contributed by atoms with Crippen LogP contribution in [0.5, 0.6) is 0 Å². The number of benzene rings is 2. The summed E-state index contributed by atoms with van der Waals surface area (Å²) in [6, 6.07) is 15.6. The number of rotatable bonds is 2. The molecule has 0 heterocycles. The van der Waals surface area contributed by atoms with Gasteiger partial charge in [0, 0.05) is 14.3 Å². The van der Waals surface area contributed by atoms with Gasteiger partial charge in [0.2, 0.25) is 0 Å². The van der Waals surface area contributed by atoms with Crippen molar-refractivity contribution in [1.82, 2.24) is 0 Å². The van der Waals surface area contributed by atoms with Crippen LogP contribution >= 0.6 is 27.7 Å². The molecule has 2 aromatic rings. The fourth-order valence-electron chi connectivity index (χ4n) is 1.37. The first-order valence-corrected chi connectivity index (χ1v) is 6.53. The SMILES string of the molecule is N#Cc1ccc(Sc2cccc(Br)c2)cc1N. The number of halogens is 1. The molecule has 0 aliphatic carbocycles. The topological polar surface area (TPSA) is 49.8 Å². The molecule has 0 radical (unpaired) electrons. The van der Waals surface area contributed by atoms with Crippen molar-refractivity contribution in [3.8, 4) is 6.07 Å². The lowest BCUT2D eigenvalue weighted by atomic mass is 10.2. The van der Waals surface area contributed by atoms with Crippen LogP contribution < -0.4 is 5.73 Å². The van der Waals surface area contributed by atoms with Gasteiger partial charge < -0.3 is 5.73 Å². The molecule has 0 saturated carbocycles. The molecule has 0 bridgehead atoms. The van der Waals surface area contributed by atoms with E-state index in [1.165, 1.54) is 0 Å². The Hall–Kier alpha value is -1.44. The van der Waals surface area contributed by atoms with Crippen LogP contribution in [0.4, 0.5) is 5.69 Å². The number of hydrogen-bond donors (Lipinski definition) is 1. The monoisotopic (exact) mass is 304 g/mol. The van der Waals surface area contributed by atoms with Crippen LogP contribution in [0.2, 0.25) is 0 Å². The highest BCUT2D eigenvalue weighted by atomic mass is 79.9. The fraction of sp³-hybridized carbons (Fsp3) is 0. The van der Waals surface area contributed by atoms with E-state index in [0.717, 1.165) is 14.3 Å². The van der Waals surface area contributed by atoms with Gasteiger partial charge in [-0.05, 0) is 36.4 Å². The molecule has 0 amide bonds. The smallest absolute Gasteiger partial charge is 0.101 e. The van der Waals surface area contributed by atoms with Gasteiger partial charge in [-0.2, -0.15) is 5.26 Å². The Morgan fingerprint density at radius 2 is 1.88 bits per heavy atom. The van der Waals surface area contributed by atoms with Crippen molar-refractivity contribution in [1.29, 1.82) is 5.26 Å². The van der Waals surface area contributed by atoms with E-state index in [9.17, 15) is 0 Å². The van der Waals surface area contributed by atoms with Crippen molar-refractivity contribution in [2.75, 3.05) is 5.73 Å². The summed E-state index contributed by atoms with van der Waals surface area (Å²) in [7, 11) is 0. The summed E-state index contributed by atoms with van der Waals surface area (Å²) in [6.07, 6.45) is 0. The molecule has 0 aliphatic heterocycles. The molecular formula is C13H9BrN2S. The second kappa shape index (κ2) is 5.26. The summed E-state index contributed by atoms with van der Waals surface area (Å²) in [4.78, 5) is 2.16. The molecule has 84 valence electrons. The van der Waals surface area contributed by atoms with Crippen LogP contribution in [-0.2, 0) is 0 Å². The number of nitriles is 1. The van der Waals surface area contributed by atoms with Crippen LogP contribution in [0, 0.1) is 11.3 Å². The number of nitrogen functional groups attached to an aromatic ring is 1. The first-order chi connectivity index (χ1) is 8.19. The number of anilines is 1. The average molecular weight is 305 g/mol. The Labute approximate surface area is 113 Å². The van der Waals surface area contributed by atoms with E-state index in [2.05, 4.69) is 22.0 Å². The van der Waals surface area contributed by atoms with E-state index in [1.807, 2.05) is 36.4 Å². The second-order valence-corrected chi connectivity index (χ2v) is 5.48. The highest BCUT2D eigenvalue weighted by molar-refractivity contribution is 9.10. The molecule has 0 fully saturated rings. The first kappa shape index (κ1) is 12.0. The highest BCUT2D eigenvalue weighted by Crippen LogP contribution is 2.31. The van der Waals surface area contributed by atoms with Gasteiger partial charge in [0.1, 0.15) is 6.07 Å². The van der Waals surface area contributed by atoms with Crippen molar-refractivity contribution in [2.45, 2.75) is 9.79 Å². The minimum Gasteiger partial charge on any atom is -0.398 e. The van der Waals surface area contributed by atoms with Crippen LogP contribution in [0.3, 0.4) is 0 Å². The number of hydrogen-bond acceptors (Lipinski definition) is 3. The van der Waals surface area contributed by atoms with Gasteiger partial charge in [0.25, 0.3) is 0 Å². The molecule has 2 nitrogen and oxygen atoms in total. The van der Waals surface area contributed by atoms with Crippen molar-refractivity contribution >= 4 is 33.4 Å². The van der Waals surface area contributed by atoms with E-state index in [0.29, 0.717) is 11.3 Å². The Morgan fingerprint density at radius 1 is 1.12 bits per heavy atom. The first-order valence-electron chi connectivity index (χ1n) is 4.92. The Balaban J connectivity index is 2.25. The van der Waals surface area contributed by atoms with Crippen LogP contribution in [0.25, 0.3) is 0 Å². The third kappa shape index (κ3) is 3.02. The standard InChI is InChI=1S/C13H9BrN2S/c14-10-2-1-3-11(6-10)17-12-5-4-9(8-15)13(16)7-12/h1-7H,16H2. The molecule has 0 atom stereocenters. The van der Waals surface area contributed by atoms with Crippen LogP contribution in [0.1, 0.15) is 5.56 Å². The summed E-state index contributed by atoms with van der Waals surface area (Å²) in [5.74, 6) is 0. The van der Waals surface area contributed by atoms with E-state index in [-0.39, 0.29) is 0 Å². The summed E-state index contributed by atoms with van der Waals surface area (Å²) >= 11 is 5.05.